The van der Waals surface area contributed by atoms with Gasteiger partial charge in [-0.15, -0.1) is 0 Å². The van der Waals surface area contributed by atoms with E-state index in [0.29, 0.717) is 6.92 Å². The van der Waals surface area contributed by atoms with Crippen molar-refractivity contribution in [1.29, 1.82) is 0 Å². The molecule has 0 aliphatic heterocycles. The lowest BCUT2D eigenvalue weighted by Gasteiger charge is -2.19. The second-order valence-electron chi connectivity index (χ2n) is 20.3. The highest BCUT2D eigenvalue weighted by Crippen LogP contribution is 2.32. The van der Waals surface area contributed by atoms with Crippen LogP contribution in [0.25, 0.3) is 0 Å². The van der Waals surface area contributed by atoms with Crippen molar-refractivity contribution < 1.29 is 116 Å². The molecule has 0 aliphatic rings. The first-order valence-electron chi connectivity index (χ1n) is 29.4. The molecule has 2 N–H and O–H groups in total. The van der Waals surface area contributed by atoms with Crippen LogP contribution in [0, 0.1) is 7.14 Å². The Bertz CT molecular complexity index is 3730. The fraction of sp³-hybridized carbons (Fsp3) is 0.181. The molecule has 0 aliphatic carbocycles. The normalized spacial score (nSPS) is 10.9. The van der Waals surface area contributed by atoms with Gasteiger partial charge in [-0.1, -0.05) is 165 Å². The minimum atomic E-state index is -6.09. The molecule has 8 aromatic rings. The number of alkyl carbamates (subject to hydrolysis) is 1. The zero-order valence-corrected chi connectivity index (χ0v) is 59.8. The van der Waals surface area contributed by atoms with E-state index in [1.165, 1.54) is 62.6 Å². The molecule has 532 valence electrons. The molecule has 2 amide bonds. The molecule has 0 aromatic heterocycles. The highest BCUT2D eigenvalue weighted by Gasteiger charge is 2.46. The minimum absolute atomic E-state index is 0.0146. The number of carbonyl (C=O) groups excluding carboxylic acids is 5. The highest BCUT2D eigenvalue weighted by molar-refractivity contribution is 7.97. The summed E-state index contributed by atoms with van der Waals surface area (Å²) in [5.74, 6) is -7.53. The van der Waals surface area contributed by atoms with Crippen LogP contribution in [-0.2, 0) is 80.2 Å². The number of benzene rings is 8. The average Bonchev–Trinajstić information content (AvgIpc) is 0.835. The van der Waals surface area contributed by atoms with Crippen LogP contribution in [0.1, 0.15) is 27.7 Å². The molecule has 0 fully saturated rings. The Hall–Kier alpha value is -9.04. The molecule has 0 bridgehead atoms. The molecule has 0 spiro atoms. The molecular weight excluding hydrogens is 1500 g/mol. The Balaban J connectivity index is 0.000000315. The van der Waals surface area contributed by atoms with E-state index in [-0.39, 0.29) is 72.9 Å². The Kier molecular flexibility index (Phi) is 37.0. The van der Waals surface area contributed by atoms with Crippen LogP contribution < -0.4 is 31.8 Å². The summed E-state index contributed by atoms with van der Waals surface area (Å²) in [5, 5.41) is -6.42. The van der Waals surface area contributed by atoms with Crippen molar-refractivity contribution in [2.75, 3.05) is 39.5 Å². The van der Waals surface area contributed by atoms with Gasteiger partial charge in [-0.25, -0.2) is 44.8 Å². The molecule has 28 heteroatoms. The molecule has 8 aromatic carbocycles. The van der Waals surface area contributed by atoms with Crippen molar-refractivity contribution in [1.82, 2.24) is 10.6 Å². The first-order chi connectivity index (χ1) is 47.1. The minimum Gasteiger partial charge on any atom is -0.743 e. The summed E-state index contributed by atoms with van der Waals surface area (Å²) in [7, 11) is -12.0. The third-order valence-electron chi connectivity index (χ3n) is 11.6. The van der Waals surface area contributed by atoms with E-state index < -0.39 is 92.9 Å². The smallest absolute Gasteiger partial charge is 0.410 e. The number of esters is 3. The number of halogens is 7. The fourth-order valence-electron chi connectivity index (χ4n) is 6.89. The monoisotopic (exact) mass is 1570 g/mol. The number of hydrogen-bond donors (Lipinski definition) is 2. The van der Waals surface area contributed by atoms with Crippen molar-refractivity contribution in [2.45, 2.75) is 73.5 Å². The maximum atomic E-state index is 12.6. The largest absolute Gasteiger partial charge is 0.743 e. The lowest BCUT2D eigenvalue weighted by atomic mass is 10.3. The van der Waals surface area contributed by atoms with Gasteiger partial charge in [-0.3, -0.25) is 4.79 Å². The number of ether oxygens (including phenoxy) is 4. The molecular formula is C72H72F6IN2O15S4+. The van der Waals surface area contributed by atoms with Gasteiger partial charge in [0.15, 0.2) is 70.0 Å². The maximum Gasteiger partial charge on any atom is 0.410 e. The summed E-state index contributed by atoms with van der Waals surface area (Å²) in [6, 6.07) is 85.7. The van der Waals surface area contributed by atoms with Crippen LogP contribution in [0.3, 0.4) is 0 Å². The van der Waals surface area contributed by atoms with Crippen LogP contribution in [0.2, 0.25) is 0 Å². The number of rotatable bonds is 24. The summed E-state index contributed by atoms with van der Waals surface area (Å²) >= 11 is 0.0287. The maximum absolute atomic E-state index is 12.6. The van der Waals surface area contributed by atoms with Gasteiger partial charge in [-0.05, 0) is 118 Å². The molecule has 0 saturated heterocycles. The molecule has 17 nitrogen and oxygen atoms in total. The van der Waals surface area contributed by atoms with E-state index in [0.717, 1.165) is 0 Å². The van der Waals surface area contributed by atoms with Crippen LogP contribution in [0.4, 0.5) is 31.1 Å². The first-order valence-corrected chi connectivity index (χ1v) is 36.8. The fourth-order valence-corrected chi connectivity index (χ4v) is 13.9. The van der Waals surface area contributed by atoms with Crippen LogP contribution in [0.15, 0.2) is 308 Å². The topological polar surface area (TPSA) is 261 Å². The second-order valence-corrected chi connectivity index (χ2v) is 30.3. The SMILES string of the molecule is C=C(C)C(=O)OCC(C)(F)F.C=C(C)C(=O)OCCNC(=O)C(F)(F)S(=O)(=O)[O-].C=C(C)C(=O)OCCNC(=O)OCC(F)(F)S(=O)(=O)[O-].c1ccc([I+]c2ccccc2)cc1.c1ccc([S+](c2ccccc2)c2ccccc2)cc1.c1ccc([S+](c2ccccc2)c2ccccc2)cc1. The third kappa shape index (κ3) is 32.8. The van der Waals surface area contributed by atoms with Gasteiger partial charge in [0.25, 0.3) is 5.92 Å². The zero-order valence-electron chi connectivity index (χ0n) is 54.4. The molecule has 100 heavy (non-hydrogen) atoms. The van der Waals surface area contributed by atoms with E-state index in [1.807, 2.05) is 5.32 Å². The van der Waals surface area contributed by atoms with Crippen LogP contribution >= 0.6 is 0 Å². The number of carbonyl (C=O) groups is 5. The number of alkyl halides is 6. The summed E-state index contributed by atoms with van der Waals surface area (Å²) in [6.07, 6.45) is -1.39. The van der Waals surface area contributed by atoms with E-state index in [2.05, 4.69) is 281 Å². The molecule has 0 unspecified atom stereocenters. The van der Waals surface area contributed by atoms with Gasteiger partial charge in [-0.2, -0.15) is 17.6 Å². The second kappa shape index (κ2) is 43.5. The van der Waals surface area contributed by atoms with Crippen LogP contribution in [0.5, 0.6) is 0 Å². The Morgan fingerprint density at radius 2 is 0.670 bits per heavy atom. The number of nitrogens with one attached hydrogen (secondary N) is 2. The van der Waals surface area contributed by atoms with Crippen molar-refractivity contribution in [2.24, 2.45) is 0 Å². The van der Waals surface area contributed by atoms with Crippen LogP contribution in [-0.4, -0.2) is 112 Å². The van der Waals surface area contributed by atoms with E-state index in [1.54, 1.807) is 0 Å². The van der Waals surface area contributed by atoms with Gasteiger partial charge in [0.1, 0.15) is 13.2 Å². The standard InChI is InChI=1S/2C18H15S.C12H10I.C9H13F2NO7S.C8H11F2NO6S.C7H10F2O2/c2*1-4-10-16(11-5-1)19(17-12-6-2-7-13-17)18-14-8-3-9-15-18;1-3-7-11(8-4-1)13-12-9-5-2-6-10-12;1-6(2)7(13)18-4-3-12-8(14)19-5-9(10,11)20(15,16)17;1-5(2)6(12)17-4-3-11-7(13)8(9,10)18(14,15)16;1-5(2)6(10)11-4-7(3,8)9/h2*1-15H;1-10H;1,3-5H2,2H3,(H,12,14)(H,15,16,17);1,3-4H2,2H3,(H,11,13)(H,14,15,16);1,4H2,2-3H3/q3*+1;;;/p-2. The van der Waals surface area contributed by atoms with Gasteiger partial charge >= 0.3 is 61.6 Å². The molecule has 8 rings (SSSR count). The molecule has 0 heterocycles. The lowest BCUT2D eigenvalue weighted by Crippen LogP contribution is -3.61. The van der Waals surface area contributed by atoms with E-state index in [9.17, 15) is 76.3 Å². The van der Waals surface area contributed by atoms with Gasteiger partial charge in [0.05, 0.1) is 34.9 Å². The molecule has 0 saturated carbocycles. The van der Waals surface area contributed by atoms with Gasteiger partial charge in [0.2, 0.25) is 0 Å². The summed E-state index contributed by atoms with van der Waals surface area (Å²) < 4.78 is 155. The quantitative estimate of drug-likeness (QED) is 0.00833. The Morgan fingerprint density at radius 3 is 0.920 bits per heavy atom. The summed E-state index contributed by atoms with van der Waals surface area (Å²) in [4.78, 5) is 62.0. The summed E-state index contributed by atoms with van der Waals surface area (Å²) in [5.41, 5.74) is 0.316. The Morgan fingerprint density at radius 1 is 0.410 bits per heavy atom. The number of hydrogen-bond acceptors (Lipinski definition) is 15. The Labute approximate surface area is 594 Å². The van der Waals surface area contributed by atoms with Crippen molar-refractivity contribution in [3.05, 3.63) is 286 Å². The average molecular weight is 1570 g/mol. The van der Waals surface area contributed by atoms with Crippen molar-refractivity contribution in [3.8, 4) is 0 Å². The summed E-state index contributed by atoms with van der Waals surface area (Å²) in [6.45, 7) is 10.2. The predicted octanol–water partition coefficient (Wildman–Crippen LogP) is 10.5. The molecule has 0 atom stereocenters. The zero-order chi connectivity index (χ0) is 74.4. The van der Waals surface area contributed by atoms with Gasteiger partial charge < -0.3 is 38.7 Å². The predicted molar refractivity (Wildman–Crippen MR) is 363 cm³/mol. The first kappa shape index (κ1) is 85.2. The van der Waals surface area contributed by atoms with E-state index >= 15 is 0 Å². The molecule has 0 radical (unpaired) electrons. The third-order valence-corrected chi connectivity index (χ3v) is 20.4. The van der Waals surface area contributed by atoms with Crippen molar-refractivity contribution >= 4 is 71.9 Å². The lowest BCUT2D eigenvalue weighted by molar-refractivity contribution is -0.597. The van der Waals surface area contributed by atoms with Gasteiger partial charge in [0, 0.05) is 23.6 Å². The van der Waals surface area contributed by atoms with E-state index in [4.69, 9.17) is 0 Å². The number of amides is 2. The van der Waals surface area contributed by atoms with Crippen molar-refractivity contribution in [3.63, 3.8) is 0 Å². The highest BCUT2D eigenvalue weighted by atomic mass is 127.